The first-order valence-electron chi connectivity index (χ1n) is 3.96. The Balaban J connectivity index is 2.97. The SMILES string of the molecule is [C]#CCC=CCCCCC. The average molecular weight is 135 g/mol. The van der Waals surface area contributed by atoms with Crippen molar-refractivity contribution in [2.45, 2.75) is 39.0 Å². The molecule has 0 atom stereocenters. The zero-order valence-corrected chi connectivity index (χ0v) is 6.69. The van der Waals surface area contributed by atoms with Gasteiger partial charge in [-0.05, 0) is 19.3 Å². The maximum Gasteiger partial charge on any atom is 0.0279 e. The molecule has 0 aromatic carbocycles. The minimum Gasteiger partial charge on any atom is -0.0876 e. The van der Waals surface area contributed by atoms with E-state index >= 15 is 0 Å². The van der Waals surface area contributed by atoms with Gasteiger partial charge in [-0.3, -0.25) is 0 Å². The molecule has 55 valence electrons. The molecular formula is C10H15. The molecule has 0 unspecified atom stereocenters. The van der Waals surface area contributed by atoms with E-state index in [2.05, 4.69) is 18.9 Å². The van der Waals surface area contributed by atoms with Crippen LogP contribution in [0.5, 0.6) is 0 Å². The van der Waals surface area contributed by atoms with E-state index in [4.69, 9.17) is 6.42 Å². The van der Waals surface area contributed by atoms with Crippen molar-refractivity contribution in [2.24, 2.45) is 0 Å². The summed E-state index contributed by atoms with van der Waals surface area (Å²) in [5.41, 5.74) is 0. The average Bonchev–Trinajstić information content (AvgIpc) is 1.97. The van der Waals surface area contributed by atoms with Gasteiger partial charge in [-0.2, -0.15) is 0 Å². The Labute approximate surface area is 64.3 Å². The van der Waals surface area contributed by atoms with Gasteiger partial charge in [0.15, 0.2) is 0 Å². The van der Waals surface area contributed by atoms with Crippen LogP contribution in [0.25, 0.3) is 0 Å². The van der Waals surface area contributed by atoms with Crippen LogP contribution in [0.2, 0.25) is 0 Å². The highest BCUT2D eigenvalue weighted by Gasteiger charge is 1.79. The van der Waals surface area contributed by atoms with Crippen molar-refractivity contribution in [1.29, 1.82) is 0 Å². The first-order chi connectivity index (χ1) is 4.91. The van der Waals surface area contributed by atoms with E-state index in [-0.39, 0.29) is 0 Å². The largest absolute Gasteiger partial charge is 0.0876 e. The third-order valence-corrected chi connectivity index (χ3v) is 1.36. The van der Waals surface area contributed by atoms with Gasteiger partial charge in [-0.25, -0.2) is 0 Å². The molecule has 0 fully saturated rings. The first kappa shape index (κ1) is 9.30. The zero-order valence-electron chi connectivity index (χ0n) is 6.69. The Kier molecular flexibility index (Phi) is 7.72. The highest BCUT2D eigenvalue weighted by molar-refractivity contribution is 4.92. The van der Waals surface area contributed by atoms with Gasteiger partial charge >= 0.3 is 0 Å². The van der Waals surface area contributed by atoms with Crippen LogP contribution >= 0.6 is 0 Å². The van der Waals surface area contributed by atoms with Gasteiger partial charge in [0.05, 0.1) is 0 Å². The van der Waals surface area contributed by atoms with E-state index in [1.54, 1.807) is 0 Å². The lowest BCUT2D eigenvalue weighted by Crippen LogP contribution is -1.70. The summed E-state index contributed by atoms with van der Waals surface area (Å²) < 4.78 is 0. The zero-order chi connectivity index (χ0) is 7.66. The van der Waals surface area contributed by atoms with E-state index in [9.17, 15) is 0 Å². The van der Waals surface area contributed by atoms with Crippen molar-refractivity contribution < 1.29 is 0 Å². The summed E-state index contributed by atoms with van der Waals surface area (Å²) in [5.74, 6) is 2.32. The van der Waals surface area contributed by atoms with Gasteiger partial charge in [0, 0.05) is 6.42 Å². The van der Waals surface area contributed by atoms with Gasteiger partial charge < -0.3 is 0 Å². The van der Waals surface area contributed by atoms with Gasteiger partial charge in [-0.15, -0.1) is 0 Å². The Bertz CT molecular complexity index is 114. The van der Waals surface area contributed by atoms with Crippen molar-refractivity contribution in [2.75, 3.05) is 0 Å². The third-order valence-electron chi connectivity index (χ3n) is 1.36. The summed E-state index contributed by atoms with van der Waals surface area (Å²) in [5, 5.41) is 0. The molecule has 10 heavy (non-hydrogen) atoms. The Morgan fingerprint density at radius 2 is 2.10 bits per heavy atom. The Morgan fingerprint density at radius 1 is 1.30 bits per heavy atom. The molecule has 0 saturated carbocycles. The second kappa shape index (κ2) is 8.30. The molecule has 0 heterocycles. The molecule has 0 spiro atoms. The van der Waals surface area contributed by atoms with Crippen LogP contribution in [-0.2, 0) is 0 Å². The van der Waals surface area contributed by atoms with Crippen molar-refractivity contribution in [3.63, 3.8) is 0 Å². The predicted octanol–water partition coefficient (Wildman–Crippen LogP) is 3.10. The fraction of sp³-hybridized carbons (Fsp3) is 0.600. The summed E-state index contributed by atoms with van der Waals surface area (Å²) >= 11 is 0. The van der Waals surface area contributed by atoms with Crippen LogP contribution in [-0.4, -0.2) is 0 Å². The molecule has 0 aliphatic carbocycles. The Hall–Kier alpha value is -0.700. The molecule has 0 saturated heterocycles. The molecular weight excluding hydrogens is 120 g/mol. The topological polar surface area (TPSA) is 0 Å². The molecule has 0 aliphatic rings. The molecule has 0 amide bonds. The summed E-state index contributed by atoms with van der Waals surface area (Å²) in [7, 11) is 0. The number of allylic oxidation sites excluding steroid dienone is 2. The smallest absolute Gasteiger partial charge is 0.0279 e. The maximum absolute atomic E-state index is 6.62. The van der Waals surface area contributed by atoms with E-state index < -0.39 is 0 Å². The number of hydrogen-bond acceptors (Lipinski definition) is 0. The molecule has 0 rings (SSSR count). The molecule has 0 nitrogen and oxygen atoms in total. The van der Waals surface area contributed by atoms with Gasteiger partial charge in [0.25, 0.3) is 0 Å². The Morgan fingerprint density at radius 3 is 2.70 bits per heavy atom. The molecule has 0 aromatic heterocycles. The highest BCUT2D eigenvalue weighted by atomic mass is 13.9. The van der Waals surface area contributed by atoms with Gasteiger partial charge in [0.1, 0.15) is 0 Å². The lowest BCUT2D eigenvalue weighted by Gasteiger charge is -1.89. The number of unbranched alkanes of at least 4 members (excludes halogenated alkanes) is 3. The van der Waals surface area contributed by atoms with Crippen molar-refractivity contribution >= 4 is 0 Å². The maximum atomic E-state index is 6.62. The molecule has 0 bridgehead atoms. The molecule has 0 aliphatic heterocycles. The van der Waals surface area contributed by atoms with Crippen LogP contribution < -0.4 is 0 Å². The standard InChI is InChI=1S/C10H15/c1-3-5-7-9-10-8-6-4-2/h8,10H,3,5-7,9H2,1H3. The lowest BCUT2D eigenvalue weighted by atomic mass is 10.2. The molecule has 1 radical (unpaired) electrons. The fourth-order valence-corrected chi connectivity index (χ4v) is 0.772. The monoisotopic (exact) mass is 135 g/mol. The van der Waals surface area contributed by atoms with E-state index in [1.165, 1.54) is 19.3 Å². The van der Waals surface area contributed by atoms with E-state index in [1.807, 2.05) is 6.08 Å². The van der Waals surface area contributed by atoms with Crippen LogP contribution in [0.15, 0.2) is 12.2 Å². The highest BCUT2D eigenvalue weighted by Crippen LogP contribution is 1.99. The van der Waals surface area contributed by atoms with E-state index in [0.29, 0.717) is 6.42 Å². The van der Waals surface area contributed by atoms with Crippen LogP contribution in [0.4, 0.5) is 0 Å². The third kappa shape index (κ3) is 7.30. The van der Waals surface area contributed by atoms with Gasteiger partial charge in [0.2, 0.25) is 0 Å². The second-order valence-electron chi connectivity index (χ2n) is 2.35. The van der Waals surface area contributed by atoms with Crippen LogP contribution in [0, 0.1) is 12.3 Å². The normalized spacial score (nSPS) is 10.0. The van der Waals surface area contributed by atoms with Gasteiger partial charge in [-0.1, -0.05) is 37.8 Å². The minimum atomic E-state index is 0.673. The van der Waals surface area contributed by atoms with Crippen molar-refractivity contribution in [3.05, 3.63) is 18.6 Å². The minimum absolute atomic E-state index is 0.673. The van der Waals surface area contributed by atoms with Crippen LogP contribution in [0.3, 0.4) is 0 Å². The summed E-state index contributed by atoms with van der Waals surface area (Å²) in [6.07, 6.45) is 16.5. The fourth-order valence-electron chi connectivity index (χ4n) is 0.772. The molecule has 0 heteroatoms. The number of rotatable bonds is 5. The van der Waals surface area contributed by atoms with Crippen molar-refractivity contribution in [1.82, 2.24) is 0 Å². The van der Waals surface area contributed by atoms with E-state index in [0.717, 1.165) is 6.42 Å². The van der Waals surface area contributed by atoms with Crippen molar-refractivity contribution in [3.8, 4) is 5.92 Å². The molecule has 0 N–H and O–H groups in total. The first-order valence-corrected chi connectivity index (χ1v) is 3.96. The molecule has 0 aromatic rings. The van der Waals surface area contributed by atoms with Crippen LogP contribution in [0.1, 0.15) is 39.0 Å². The summed E-state index contributed by atoms with van der Waals surface area (Å²) in [6, 6.07) is 0. The number of hydrogen-bond donors (Lipinski definition) is 0. The quantitative estimate of drug-likeness (QED) is 0.309. The lowest BCUT2D eigenvalue weighted by molar-refractivity contribution is 0.728. The summed E-state index contributed by atoms with van der Waals surface area (Å²) in [4.78, 5) is 0. The summed E-state index contributed by atoms with van der Waals surface area (Å²) in [6.45, 7) is 2.20. The second-order valence-corrected chi connectivity index (χ2v) is 2.35. The predicted molar refractivity (Wildman–Crippen MR) is 45.0 cm³/mol.